The van der Waals surface area contributed by atoms with E-state index in [2.05, 4.69) is 10.3 Å². The van der Waals surface area contributed by atoms with Gasteiger partial charge in [-0.05, 0) is 25.0 Å². The van der Waals surface area contributed by atoms with Crippen LogP contribution in [0.3, 0.4) is 0 Å². The Kier molecular flexibility index (Phi) is 3.39. The van der Waals surface area contributed by atoms with E-state index in [-0.39, 0.29) is 6.03 Å². The first kappa shape index (κ1) is 10.9. The highest BCUT2D eigenvalue weighted by Gasteiger charge is 2.19. The molecule has 0 aliphatic heterocycles. The molecule has 0 saturated heterocycles. The number of aromatic nitrogens is 1. The fourth-order valence-corrected chi connectivity index (χ4v) is 2.00. The normalized spacial score (nSPS) is 16.1. The quantitative estimate of drug-likeness (QED) is 0.828. The van der Waals surface area contributed by atoms with Crippen molar-refractivity contribution in [2.75, 3.05) is 11.9 Å². The SMILES string of the molecule is CN(C(=O)NC1CCCC1)c1ccccn1. The summed E-state index contributed by atoms with van der Waals surface area (Å²) in [5.74, 6) is 0.679. The Bertz CT molecular complexity index is 347. The average Bonchev–Trinajstić information content (AvgIpc) is 2.82. The van der Waals surface area contributed by atoms with Gasteiger partial charge in [0, 0.05) is 19.3 Å². The van der Waals surface area contributed by atoms with E-state index in [0.717, 1.165) is 12.8 Å². The van der Waals surface area contributed by atoms with Crippen LogP contribution >= 0.6 is 0 Å². The predicted molar refractivity (Wildman–Crippen MR) is 63.4 cm³/mol. The topological polar surface area (TPSA) is 45.2 Å². The molecule has 0 bridgehead atoms. The molecule has 1 aliphatic carbocycles. The van der Waals surface area contributed by atoms with E-state index in [0.29, 0.717) is 11.9 Å². The van der Waals surface area contributed by atoms with E-state index in [1.54, 1.807) is 18.1 Å². The number of nitrogens with one attached hydrogen (secondary N) is 1. The second-order valence-corrected chi connectivity index (χ2v) is 4.18. The number of rotatable bonds is 2. The zero-order chi connectivity index (χ0) is 11.4. The lowest BCUT2D eigenvalue weighted by atomic mass is 10.2. The maximum atomic E-state index is 11.9. The third kappa shape index (κ3) is 2.51. The van der Waals surface area contributed by atoms with E-state index in [4.69, 9.17) is 0 Å². The van der Waals surface area contributed by atoms with Crippen molar-refractivity contribution in [3.05, 3.63) is 24.4 Å². The molecule has 4 heteroatoms. The molecule has 86 valence electrons. The minimum Gasteiger partial charge on any atom is -0.335 e. The molecule has 0 radical (unpaired) electrons. The zero-order valence-electron chi connectivity index (χ0n) is 9.52. The van der Waals surface area contributed by atoms with Crippen LogP contribution in [0, 0.1) is 0 Å². The van der Waals surface area contributed by atoms with E-state index in [1.807, 2.05) is 18.2 Å². The third-order valence-corrected chi connectivity index (χ3v) is 2.98. The molecule has 1 fully saturated rings. The first-order chi connectivity index (χ1) is 7.77. The predicted octanol–water partition coefficient (Wildman–Crippen LogP) is 2.17. The van der Waals surface area contributed by atoms with Gasteiger partial charge in [0.05, 0.1) is 0 Å². The number of amides is 2. The van der Waals surface area contributed by atoms with Gasteiger partial charge in [-0.15, -0.1) is 0 Å². The first-order valence-corrected chi connectivity index (χ1v) is 5.72. The van der Waals surface area contributed by atoms with Gasteiger partial charge in [-0.2, -0.15) is 0 Å². The Hall–Kier alpha value is -1.58. The molecule has 4 nitrogen and oxygen atoms in total. The number of nitrogens with zero attached hydrogens (tertiary/aromatic N) is 2. The van der Waals surface area contributed by atoms with Crippen LogP contribution in [0.2, 0.25) is 0 Å². The molecule has 1 aliphatic rings. The summed E-state index contributed by atoms with van der Waals surface area (Å²) in [6.45, 7) is 0. The van der Waals surface area contributed by atoms with Crippen LogP contribution in [-0.2, 0) is 0 Å². The molecule has 0 spiro atoms. The summed E-state index contributed by atoms with van der Waals surface area (Å²) in [7, 11) is 1.74. The third-order valence-electron chi connectivity index (χ3n) is 2.98. The number of anilines is 1. The molecule has 2 rings (SSSR count). The fraction of sp³-hybridized carbons (Fsp3) is 0.500. The first-order valence-electron chi connectivity index (χ1n) is 5.72. The van der Waals surface area contributed by atoms with Crippen LogP contribution in [0.25, 0.3) is 0 Å². The lowest BCUT2D eigenvalue weighted by Crippen LogP contribution is -2.42. The largest absolute Gasteiger partial charge is 0.335 e. The van der Waals surface area contributed by atoms with E-state index in [1.165, 1.54) is 12.8 Å². The van der Waals surface area contributed by atoms with Gasteiger partial charge in [0.1, 0.15) is 5.82 Å². The van der Waals surface area contributed by atoms with Crippen molar-refractivity contribution in [1.29, 1.82) is 0 Å². The van der Waals surface area contributed by atoms with Gasteiger partial charge in [0.2, 0.25) is 0 Å². The number of carbonyl (C=O) groups is 1. The van der Waals surface area contributed by atoms with Gasteiger partial charge in [-0.25, -0.2) is 9.78 Å². The standard InChI is InChI=1S/C12H17N3O/c1-15(11-8-4-5-9-13-11)12(16)14-10-6-2-3-7-10/h4-5,8-10H,2-3,6-7H2,1H3,(H,14,16). The van der Waals surface area contributed by atoms with Crippen LogP contribution in [-0.4, -0.2) is 24.1 Å². The van der Waals surface area contributed by atoms with Crippen LogP contribution in [0.1, 0.15) is 25.7 Å². The fourth-order valence-electron chi connectivity index (χ4n) is 2.00. The minimum absolute atomic E-state index is 0.0643. The molecule has 0 unspecified atom stereocenters. The Labute approximate surface area is 95.7 Å². The highest BCUT2D eigenvalue weighted by atomic mass is 16.2. The summed E-state index contributed by atoms with van der Waals surface area (Å²) in [6.07, 6.45) is 6.33. The molecular weight excluding hydrogens is 202 g/mol. The molecule has 1 saturated carbocycles. The summed E-state index contributed by atoms with van der Waals surface area (Å²) < 4.78 is 0. The van der Waals surface area contributed by atoms with Gasteiger partial charge >= 0.3 is 6.03 Å². The molecule has 1 heterocycles. The van der Waals surface area contributed by atoms with Crippen LogP contribution in [0.5, 0.6) is 0 Å². The lowest BCUT2D eigenvalue weighted by molar-refractivity contribution is 0.243. The van der Waals surface area contributed by atoms with Crippen molar-refractivity contribution < 1.29 is 4.79 Å². The maximum absolute atomic E-state index is 11.9. The van der Waals surface area contributed by atoms with Crippen molar-refractivity contribution in [2.45, 2.75) is 31.7 Å². The molecule has 16 heavy (non-hydrogen) atoms. The second-order valence-electron chi connectivity index (χ2n) is 4.18. The Morgan fingerprint density at radius 1 is 1.44 bits per heavy atom. The number of hydrogen-bond donors (Lipinski definition) is 1. The Morgan fingerprint density at radius 2 is 2.19 bits per heavy atom. The average molecular weight is 219 g/mol. The molecule has 0 atom stereocenters. The molecule has 1 aromatic heterocycles. The zero-order valence-corrected chi connectivity index (χ0v) is 9.52. The van der Waals surface area contributed by atoms with E-state index in [9.17, 15) is 4.79 Å². The van der Waals surface area contributed by atoms with Crippen molar-refractivity contribution in [1.82, 2.24) is 10.3 Å². The van der Waals surface area contributed by atoms with Gasteiger partial charge in [-0.1, -0.05) is 18.9 Å². The molecular formula is C12H17N3O. The summed E-state index contributed by atoms with van der Waals surface area (Å²) >= 11 is 0. The van der Waals surface area contributed by atoms with Gasteiger partial charge in [0.25, 0.3) is 0 Å². The summed E-state index contributed by atoms with van der Waals surface area (Å²) in [4.78, 5) is 17.6. The van der Waals surface area contributed by atoms with Gasteiger partial charge < -0.3 is 5.32 Å². The van der Waals surface area contributed by atoms with E-state index >= 15 is 0 Å². The number of urea groups is 1. The van der Waals surface area contributed by atoms with Crippen molar-refractivity contribution in [3.8, 4) is 0 Å². The summed E-state index contributed by atoms with van der Waals surface area (Å²) in [5, 5.41) is 3.02. The summed E-state index contributed by atoms with van der Waals surface area (Å²) in [6, 6.07) is 5.83. The lowest BCUT2D eigenvalue weighted by Gasteiger charge is -2.19. The number of pyridine rings is 1. The Morgan fingerprint density at radius 3 is 2.81 bits per heavy atom. The monoisotopic (exact) mass is 219 g/mol. The van der Waals surface area contributed by atoms with Crippen molar-refractivity contribution in [3.63, 3.8) is 0 Å². The molecule has 1 aromatic rings. The highest BCUT2D eigenvalue weighted by molar-refractivity contribution is 5.90. The number of carbonyl (C=O) groups excluding carboxylic acids is 1. The van der Waals surface area contributed by atoms with E-state index < -0.39 is 0 Å². The second kappa shape index (κ2) is 4.96. The van der Waals surface area contributed by atoms with Gasteiger partial charge in [-0.3, -0.25) is 4.90 Å². The van der Waals surface area contributed by atoms with Gasteiger partial charge in [0.15, 0.2) is 0 Å². The number of hydrogen-bond acceptors (Lipinski definition) is 2. The van der Waals surface area contributed by atoms with Crippen LogP contribution in [0.15, 0.2) is 24.4 Å². The smallest absolute Gasteiger partial charge is 0.323 e. The van der Waals surface area contributed by atoms with Crippen LogP contribution < -0.4 is 10.2 Å². The molecule has 1 N–H and O–H groups in total. The van der Waals surface area contributed by atoms with Crippen molar-refractivity contribution >= 4 is 11.8 Å². The minimum atomic E-state index is -0.0643. The van der Waals surface area contributed by atoms with Crippen LogP contribution in [0.4, 0.5) is 10.6 Å². The highest BCUT2D eigenvalue weighted by Crippen LogP contribution is 2.18. The van der Waals surface area contributed by atoms with Crippen molar-refractivity contribution in [2.24, 2.45) is 0 Å². The maximum Gasteiger partial charge on any atom is 0.323 e. The molecule has 0 aromatic carbocycles. The Balaban J connectivity index is 1.94. The summed E-state index contributed by atoms with van der Waals surface area (Å²) in [5.41, 5.74) is 0. The molecule has 2 amide bonds.